The second-order valence-corrected chi connectivity index (χ2v) is 5.45. The summed E-state index contributed by atoms with van der Waals surface area (Å²) in [7, 11) is 1.69. The van der Waals surface area contributed by atoms with E-state index in [2.05, 4.69) is 16.1 Å². The number of nitrogens with zero attached hydrogens (tertiary/aromatic N) is 4. The first-order chi connectivity index (χ1) is 10.7. The maximum absolute atomic E-state index is 11.8. The zero-order valence-corrected chi connectivity index (χ0v) is 12.7. The highest BCUT2D eigenvalue weighted by Crippen LogP contribution is 2.29. The van der Waals surface area contributed by atoms with Crippen LogP contribution in [0, 0.1) is 0 Å². The van der Waals surface area contributed by atoms with E-state index in [-0.39, 0.29) is 11.8 Å². The summed E-state index contributed by atoms with van der Waals surface area (Å²) in [4.78, 5) is 22.6. The first-order valence-corrected chi connectivity index (χ1v) is 7.45. The Labute approximate surface area is 129 Å². The van der Waals surface area contributed by atoms with Crippen molar-refractivity contribution in [3.8, 4) is 0 Å². The third kappa shape index (κ3) is 2.62. The molecule has 116 valence electrons. The molecule has 22 heavy (non-hydrogen) atoms. The van der Waals surface area contributed by atoms with E-state index in [0.717, 1.165) is 36.4 Å². The minimum atomic E-state index is -0.0104. The molecular weight excluding hydrogens is 280 g/mol. The SMILES string of the molecule is C=CC(=O)N1CCC(c2nc3ccncc3n2CCOC)C1. The average Bonchev–Trinajstić information content (AvgIpc) is 3.16. The smallest absolute Gasteiger partial charge is 0.245 e. The quantitative estimate of drug-likeness (QED) is 0.787. The number of aromatic nitrogens is 3. The van der Waals surface area contributed by atoms with Crippen LogP contribution in [0.5, 0.6) is 0 Å². The van der Waals surface area contributed by atoms with E-state index < -0.39 is 0 Å². The Hall–Kier alpha value is -2.21. The molecule has 0 bridgehead atoms. The molecular formula is C16H20N4O2. The monoisotopic (exact) mass is 300 g/mol. The molecule has 0 spiro atoms. The molecule has 1 aliphatic heterocycles. The van der Waals surface area contributed by atoms with Gasteiger partial charge in [-0.25, -0.2) is 4.98 Å². The Bertz CT molecular complexity index is 695. The van der Waals surface area contributed by atoms with Gasteiger partial charge in [-0.15, -0.1) is 0 Å². The fourth-order valence-corrected chi connectivity index (χ4v) is 3.02. The molecule has 1 fully saturated rings. The lowest BCUT2D eigenvalue weighted by Crippen LogP contribution is -2.26. The van der Waals surface area contributed by atoms with E-state index in [1.54, 1.807) is 13.3 Å². The third-order valence-electron chi connectivity index (χ3n) is 4.14. The van der Waals surface area contributed by atoms with E-state index in [4.69, 9.17) is 9.72 Å². The number of pyridine rings is 1. The topological polar surface area (TPSA) is 60.2 Å². The molecule has 0 radical (unpaired) electrons. The molecule has 3 rings (SSSR count). The largest absolute Gasteiger partial charge is 0.383 e. The minimum Gasteiger partial charge on any atom is -0.383 e. The second-order valence-electron chi connectivity index (χ2n) is 5.45. The number of likely N-dealkylation sites (tertiary alicyclic amines) is 1. The summed E-state index contributed by atoms with van der Waals surface area (Å²) >= 11 is 0. The number of hydrogen-bond acceptors (Lipinski definition) is 4. The summed E-state index contributed by atoms with van der Waals surface area (Å²) in [6.07, 6.45) is 5.88. The molecule has 1 aliphatic rings. The second kappa shape index (κ2) is 6.27. The lowest BCUT2D eigenvalue weighted by atomic mass is 10.1. The van der Waals surface area contributed by atoms with Crippen LogP contribution in [0.15, 0.2) is 31.1 Å². The van der Waals surface area contributed by atoms with Gasteiger partial charge in [-0.2, -0.15) is 0 Å². The van der Waals surface area contributed by atoms with Gasteiger partial charge in [0, 0.05) is 38.9 Å². The van der Waals surface area contributed by atoms with Gasteiger partial charge in [0.25, 0.3) is 0 Å². The summed E-state index contributed by atoms with van der Waals surface area (Å²) in [6, 6.07) is 1.92. The number of hydrogen-bond donors (Lipinski definition) is 0. The molecule has 1 amide bonds. The highest BCUT2D eigenvalue weighted by Gasteiger charge is 2.30. The van der Waals surface area contributed by atoms with Crippen LogP contribution in [0.25, 0.3) is 11.0 Å². The van der Waals surface area contributed by atoms with Crippen molar-refractivity contribution >= 4 is 16.9 Å². The van der Waals surface area contributed by atoms with Crippen molar-refractivity contribution in [1.82, 2.24) is 19.4 Å². The molecule has 0 N–H and O–H groups in total. The van der Waals surface area contributed by atoms with Gasteiger partial charge in [-0.1, -0.05) is 6.58 Å². The number of imidazole rings is 1. The summed E-state index contributed by atoms with van der Waals surface area (Å²) in [5.41, 5.74) is 1.96. The van der Waals surface area contributed by atoms with Gasteiger partial charge in [-0.05, 0) is 18.6 Å². The Morgan fingerprint density at radius 3 is 3.23 bits per heavy atom. The summed E-state index contributed by atoms with van der Waals surface area (Å²) < 4.78 is 7.38. The first kappa shape index (κ1) is 14.7. The van der Waals surface area contributed by atoms with Gasteiger partial charge in [0.15, 0.2) is 0 Å². The third-order valence-corrected chi connectivity index (χ3v) is 4.14. The van der Waals surface area contributed by atoms with E-state index in [1.165, 1.54) is 6.08 Å². The zero-order valence-electron chi connectivity index (χ0n) is 12.7. The molecule has 6 nitrogen and oxygen atoms in total. The van der Waals surface area contributed by atoms with Crippen molar-refractivity contribution < 1.29 is 9.53 Å². The van der Waals surface area contributed by atoms with Gasteiger partial charge in [0.1, 0.15) is 5.82 Å². The van der Waals surface area contributed by atoms with Gasteiger partial charge in [-0.3, -0.25) is 9.78 Å². The number of carbonyl (C=O) groups is 1. The number of fused-ring (bicyclic) bond motifs is 1. The first-order valence-electron chi connectivity index (χ1n) is 7.45. The van der Waals surface area contributed by atoms with Gasteiger partial charge in [0.05, 0.1) is 23.8 Å². The van der Waals surface area contributed by atoms with Crippen molar-refractivity contribution in [1.29, 1.82) is 0 Å². The van der Waals surface area contributed by atoms with Gasteiger partial charge < -0.3 is 14.2 Å². The Morgan fingerprint density at radius 1 is 1.59 bits per heavy atom. The van der Waals surface area contributed by atoms with Crippen molar-refractivity contribution in [2.24, 2.45) is 0 Å². The lowest BCUT2D eigenvalue weighted by molar-refractivity contribution is -0.125. The summed E-state index contributed by atoms with van der Waals surface area (Å²) in [5.74, 6) is 1.25. The van der Waals surface area contributed by atoms with Crippen LogP contribution >= 0.6 is 0 Å². The van der Waals surface area contributed by atoms with E-state index >= 15 is 0 Å². The zero-order chi connectivity index (χ0) is 15.5. The van der Waals surface area contributed by atoms with Crippen LogP contribution in [0.2, 0.25) is 0 Å². The van der Waals surface area contributed by atoms with Crippen LogP contribution in [-0.2, 0) is 16.1 Å². The van der Waals surface area contributed by atoms with E-state index in [1.807, 2.05) is 17.2 Å². The molecule has 1 atom stereocenters. The molecule has 0 aliphatic carbocycles. The molecule has 2 aromatic heterocycles. The lowest BCUT2D eigenvalue weighted by Gasteiger charge is -2.15. The maximum atomic E-state index is 11.8. The summed E-state index contributed by atoms with van der Waals surface area (Å²) in [6.45, 7) is 6.36. The highest BCUT2D eigenvalue weighted by molar-refractivity contribution is 5.87. The van der Waals surface area contributed by atoms with Crippen LogP contribution in [0.3, 0.4) is 0 Å². The van der Waals surface area contributed by atoms with Crippen molar-refractivity contribution in [3.63, 3.8) is 0 Å². The molecule has 1 saturated heterocycles. The number of rotatable bonds is 5. The standard InChI is InChI=1S/C16H20N4O2/c1-3-15(21)19-7-5-12(11-19)16-18-13-4-6-17-10-14(13)20(16)8-9-22-2/h3-4,6,10,12H,1,5,7-9,11H2,2H3. The number of ether oxygens (including phenoxy) is 1. The fraction of sp³-hybridized carbons (Fsp3) is 0.438. The Morgan fingerprint density at radius 2 is 2.45 bits per heavy atom. The average molecular weight is 300 g/mol. The van der Waals surface area contributed by atoms with Gasteiger partial charge >= 0.3 is 0 Å². The van der Waals surface area contributed by atoms with Gasteiger partial charge in [0.2, 0.25) is 5.91 Å². The number of amides is 1. The van der Waals surface area contributed by atoms with E-state index in [0.29, 0.717) is 13.2 Å². The highest BCUT2D eigenvalue weighted by atomic mass is 16.5. The van der Waals surface area contributed by atoms with Crippen LogP contribution < -0.4 is 0 Å². The molecule has 2 aromatic rings. The molecule has 6 heteroatoms. The molecule has 1 unspecified atom stereocenters. The summed E-state index contributed by atoms with van der Waals surface area (Å²) in [5, 5.41) is 0. The Balaban J connectivity index is 1.92. The van der Waals surface area contributed by atoms with Crippen molar-refractivity contribution in [2.75, 3.05) is 26.8 Å². The van der Waals surface area contributed by atoms with Crippen LogP contribution in [-0.4, -0.2) is 52.1 Å². The van der Waals surface area contributed by atoms with Crippen molar-refractivity contribution in [3.05, 3.63) is 36.9 Å². The molecule has 0 aromatic carbocycles. The maximum Gasteiger partial charge on any atom is 0.245 e. The predicted octanol–water partition coefficient (Wildman–Crippen LogP) is 1.58. The fourth-order valence-electron chi connectivity index (χ4n) is 3.02. The van der Waals surface area contributed by atoms with Crippen molar-refractivity contribution in [2.45, 2.75) is 18.9 Å². The predicted molar refractivity (Wildman–Crippen MR) is 83.5 cm³/mol. The van der Waals surface area contributed by atoms with Crippen LogP contribution in [0.4, 0.5) is 0 Å². The number of carbonyl (C=O) groups excluding carboxylic acids is 1. The van der Waals surface area contributed by atoms with E-state index in [9.17, 15) is 4.79 Å². The number of methoxy groups -OCH3 is 1. The molecule has 0 saturated carbocycles. The molecule has 3 heterocycles. The minimum absolute atomic E-state index is 0.0104. The van der Waals surface area contributed by atoms with Crippen LogP contribution in [0.1, 0.15) is 18.2 Å². The normalized spacial score (nSPS) is 18.0. The Kier molecular flexibility index (Phi) is 4.20.